The van der Waals surface area contributed by atoms with Crippen LogP contribution < -0.4 is 10.6 Å². The molecule has 0 bridgehead atoms. The van der Waals surface area contributed by atoms with Crippen LogP contribution in [0.25, 0.3) is 0 Å². The number of hydrogen-bond donors (Lipinski definition) is 2. The van der Waals surface area contributed by atoms with Gasteiger partial charge in [-0.25, -0.2) is 4.98 Å². The van der Waals surface area contributed by atoms with Crippen molar-refractivity contribution in [3.63, 3.8) is 0 Å². The van der Waals surface area contributed by atoms with E-state index in [-0.39, 0.29) is 11.9 Å². The number of rotatable bonds is 3. The fourth-order valence-electron chi connectivity index (χ4n) is 2.52. The number of aromatic nitrogens is 3. The van der Waals surface area contributed by atoms with Crippen LogP contribution >= 0.6 is 0 Å². The SMILES string of the molecule is CC1CC(C)NC(C(=O)NCc2ncn(C)n2)C1. The Kier molecular flexibility index (Phi) is 3.96. The fraction of sp³-hybridized carbons (Fsp3) is 0.750. The van der Waals surface area contributed by atoms with Gasteiger partial charge < -0.3 is 10.6 Å². The largest absolute Gasteiger partial charge is 0.347 e. The van der Waals surface area contributed by atoms with Gasteiger partial charge in [0.25, 0.3) is 0 Å². The lowest BCUT2D eigenvalue weighted by Gasteiger charge is -2.32. The van der Waals surface area contributed by atoms with Crippen LogP contribution in [0.4, 0.5) is 0 Å². The van der Waals surface area contributed by atoms with Crippen LogP contribution in [-0.4, -0.2) is 32.8 Å². The number of nitrogens with one attached hydrogen (secondary N) is 2. The van der Waals surface area contributed by atoms with Crippen molar-refractivity contribution in [1.29, 1.82) is 0 Å². The summed E-state index contributed by atoms with van der Waals surface area (Å²) >= 11 is 0. The monoisotopic (exact) mass is 251 g/mol. The molecule has 2 N–H and O–H groups in total. The summed E-state index contributed by atoms with van der Waals surface area (Å²) in [5, 5.41) is 10.3. The fourth-order valence-corrected chi connectivity index (χ4v) is 2.52. The summed E-state index contributed by atoms with van der Waals surface area (Å²) in [6.45, 7) is 4.70. The van der Waals surface area contributed by atoms with Gasteiger partial charge in [-0.2, -0.15) is 5.10 Å². The lowest BCUT2D eigenvalue weighted by atomic mass is 9.89. The highest BCUT2D eigenvalue weighted by atomic mass is 16.2. The second-order valence-electron chi connectivity index (χ2n) is 5.25. The Morgan fingerprint density at radius 2 is 2.33 bits per heavy atom. The topological polar surface area (TPSA) is 71.8 Å². The molecule has 6 heteroatoms. The Bertz CT molecular complexity index is 406. The van der Waals surface area contributed by atoms with E-state index in [0.29, 0.717) is 24.3 Å². The highest BCUT2D eigenvalue weighted by Crippen LogP contribution is 2.19. The number of nitrogens with zero attached hydrogens (tertiary/aromatic N) is 3. The van der Waals surface area contributed by atoms with Gasteiger partial charge in [-0.3, -0.25) is 9.48 Å². The van der Waals surface area contributed by atoms with Crippen molar-refractivity contribution < 1.29 is 4.79 Å². The number of carbonyl (C=O) groups is 1. The third kappa shape index (κ3) is 3.29. The van der Waals surface area contributed by atoms with Crippen molar-refractivity contribution in [2.24, 2.45) is 13.0 Å². The summed E-state index contributed by atoms with van der Waals surface area (Å²) in [6.07, 6.45) is 3.65. The molecule has 1 aromatic heterocycles. The molecular weight excluding hydrogens is 230 g/mol. The highest BCUT2D eigenvalue weighted by molar-refractivity contribution is 5.81. The minimum Gasteiger partial charge on any atom is -0.347 e. The lowest BCUT2D eigenvalue weighted by Crippen LogP contribution is -2.51. The summed E-state index contributed by atoms with van der Waals surface area (Å²) in [5.74, 6) is 1.27. The van der Waals surface area contributed by atoms with E-state index in [1.807, 2.05) is 7.05 Å². The van der Waals surface area contributed by atoms with E-state index < -0.39 is 0 Å². The van der Waals surface area contributed by atoms with Crippen molar-refractivity contribution in [1.82, 2.24) is 25.4 Å². The molecule has 0 aliphatic carbocycles. The Hall–Kier alpha value is -1.43. The maximum Gasteiger partial charge on any atom is 0.237 e. The van der Waals surface area contributed by atoms with Crippen molar-refractivity contribution in [2.75, 3.05) is 0 Å². The maximum absolute atomic E-state index is 12.0. The van der Waals surface area contributed by atoms with E-state index in [1.165, 1.54) is 0 Å². The van der Waals surface area contributed by atoms with Gasteiger partial charge in [0.2, 0.25) is 5.91 Å². The first-order chi connectivity index (χ1) is 8.54. The van der Waals surface area contributed by atoms with E-state index in [0.717, 1.165) is 12.8 Å². The minimum absolute atomic E-state index is 0.0425. The molecule has 18 heavy (non-hydrogen) atoms. The minimum atomic E-state index is -0.0903. The molecular formula is C12H21N5O. The average molecular weight is 251 g/mol. The van der Waals surface area contributed by atoms with Crippen molar-refractivity contribution in [3.05, 3.63) is 12.2 Å². The molecule has 2 heterocycles. The first-order valence-electron chi connectivity index (χ1n) is 6.43. The number of carbonyl (C=O) groups excluding carboxylic acids is 1. The molecule has 3 atom stereocenters. The third-order valence-corrected chi connectivity index (χ3v) is 3.26. The Labute approximate surface area is 107 Å². The molecule has 1 aromatic rings. The number of hydrogen-bond acceptors (Lipinski definition) is 4. The normalized spacial score (nSPS) is 28.1. The number of aryl methyl sites for hydroxylation is 1. The molecule has 1 aliphatic heterocycles. The summed E-state index contributed by atoms with van der Waals surface area (Å²) < 4.78 is 1.63. The number of piperidine rings is 1. The van der Waals surface area contributed by atoms with Gasteiger partial charge in [-0.05, 0) is 25.7 Å². The molecule has 0 spiro atoms. The van der Waals surface area contributed by atoms with Crippen LogP contribution in [0, 0.1) is 5.92 Å². The molecule has 3 unspecified atom stereocenters. The molecule has 6 nitrogen and oxygen atoms in total. The Morgan fingerprint density at radius 3 is 2.94 bits per heavy atom. The highest BCUT2D eigenvalue weighted by Gasteiger charge is 2.28. The predicted octanol–water partition coefficient (Wildman–Crippen LogP) is 0.208. The first-order valence-corrected chi connectivity index (χ1v) is 6.43. The second kappa shape index (κ2) is 5.48. The van der Waals surface area contributed by atoms with Gasteiger partial charge in [0.05, 0.1) is 12.6 Å². The summed E-state index contributed by atoms with van der Waals surface area (Å²) in [4.78, 5) is 16.1. The van der Waals surface area contributed by atoms with Crippen molar-refractivity contribution in [3.8, 4) is 0 Å². The van der Waals surface area contributed by atoms with Gasteiger partial charge in [-0.15, -0.1) is 0 Å². The van der Waals surface area contributed by atoms with Crippen molar-refractivity contribution in [2.45, 2.75) is 45.3 Å². The summed E-state index contributed by atoms with van der Waals surface area (Å²) in [5.41, 5.74) is 0. The molecule has 2 rings (SSSR count). The van der Waals surface area contributed by atoms with Gasteiger partial charge in [0.1, 0.15) is 6.33 Å². The van der Waals surface area contributed by atoms with Crippen LogP contribution in [0.5, 0.6) is 0 Å². The Morgan fingerprint density at radius 1 is 1.56 bits per heavy atom. The van der Waals surface area contributed by atoms with Gasteiger partial charge in [-0.1, -0.05) is 6.92 Å². The molecule has 0 radical (unpaired) electrons. The molecule has 1 fully saturated rings. The van der Waals surface area contributed by atoms with E-state index in [1.54, 1.807) is 11.0 Å². The van der Waals surface area contributed by atoms with Gasteiger partial charge in [0, 0.05) is 13.1 Å². The predicted molar refractivity (Wildman–Crippen MR) is 67.6 cm³/mol. The quantitative estimate of drug-likeness (QED) is 0.805. The zero-order valence-corrected chi connectivity index (χ0v) is 11.2. The maximum atomic E-state index is 12.0. The molecule has 0 aromatic carbocycles. The standard InChI is InChI=1S/C12H21N5O/c1-8-4-9(2)15-10(5-8)12(18)13-6-11-14-7-17(3)16-11/h7-10,15H,4-6H2,1-3H3,(H,13,18). The molecule has 1 aliphatic rings. The van der Waals surface area contributed by atoms with Crippen LogP contribution in [0.1, 0.15) is 32.5 Å². The smallest absolute Gasteiger partial charge is 0.237 e. The van der Waals surface area contributed by atoms with Crippen LogP contribution in [0.3, 0.4) is 0 Å². The number of amides is 1. The van der Waals surface area contributed by atoms with E-state index in [2.05, 4.69) is 34.6 Å². The molecule has 1 amide bonds. The first kappa shape index (κ1) is 13.0. The third-order valence-electron chi connectivity index (χ3n) is 3.26. The van der Waals surface area contributed by atoms with Crippen LogP contribution in [0.2, 0.25) is 0 Å². The zero-order chi connectivity index (χ0) is 13.1. The molecule has 100 valence electrons. The summed E-state index contributed by atoms with van der Waals surface area (Å²) in [6, 6.07) is 0.310. The lowest BCUT2D eigenvalue weighted by molar-refractivity contribution is -0.124. The zero-order valence-electron chi connectivity index (χ0n) is 11.2. The Balaban J connectivity index is 1.84. The van der Waals surface area contributed by atoms with Gasteiger partial charge >= 0.3 is 0 Å². The van der Waals surface area contributed by atoms with E-state index in [9.17, 15) is 4.79 Å². The van der Waals surface area contributed by atoms with Crippen LogP contribution in [0.15, 0.2) is 6.33 Å². The molecule has 1 saturated heterocycles. The summed E-state index contributed by atoms with van der Waals surface area (Å²) in [7, 11) is 1.81. The van der Waals surface area contributed by atoms with Crippen molar-refractivity contribution >= 4 is 5.91 Å². The van der Waals surface area contributed by atoms with E-state index >= 15 is 0 Å². The second-order valence-corrected chi connectivity index (χ2v) is 5.25. The van der Waals surface area contributed by atoms with Gasteiger partial charge in [0.15, 0.2) is 5.82 Å². The van der Waals surface area contributed by atoms with Crippen LogP contribution in [-0.2, 0) is 18.4 Å². The average Bonchev–Trinajstić information content (AvgIpc) is 2.70. The van der Waals surface area contributed by atoms with E-state index in [4.69, 9.17) is 0 Å². The molecule has 0 saturated carbocycles.